The molecule has 30 heavy (non-hydrogen) atoms. The molecule has 0 aliphatic carbocycles. The van der Waals surface area contributed by atoms with Gasteiger partial charge in [-0.2, -0.15) is 0 Å². The highest BCUT2D eigenvalue weighted by atomic mass is 35.5. The van der Waals surface area contributed by atoms with Crippen LogP contribution in [0.3, 0.4) is 0 Å². The number of methoxy groups -OCH3 is 1. The maximum Gasteiger partial charge on any atom is 0.126 e. The van der Waals surface area contributed by atoms with Crippen molar-refractivity contribution in [3.05, 3.63) is 59.5 Å². The van der Waals surface area contributed by atoms with Crippen molar-refractivity contribution >= 4 is 23.3 Å². The smallest absolute Gasteiger partial charge is 0.126 e. The molecule has 0 spiro atoms. The van der Waals surface area contributed by atoms with E-state index in [0.29, 0.717) is 12.0 Å². The molecule has 0 fully saturated rings. The number of halogens is 2. The molecule has 1 aliphatic heterocycles. The molecule has 162 valence electrons. The highest BCUT2D eigenvalue weighted by Crippen LogP contribution is 2.35. The van der Waals surface area contributed by atoms with Gasteiger partial charge >= 0.3 is 0 Å². The van der Waals surface area contributed by atoms with Crippen molar-refractivity contribution in [2.75, 3.05) is 20.3 Å². The van der Waals surface area contributed by atoms with E-state index in [1.54, 1.807) is 19.2 Å². The van der Waals surface area contributed by atoms with Crippen LogP contribution in [0, 0.1) is 11.7 Å². The number of hydrogen-bond acceptors (Lipinski definition) is 3. The largest absolute Gasteiger partial charge is 0.496 e. The average Bonchev–Trinajstić information content (AvgIpc) is 3.15. The van der Waals surface area contributed by atoms with E-state index in [0.717, 1.165) is 61.2 Å². The van der Waals surface area contributed by atoms with Gasteiger partial charge in [-0.3, -0.25) is 0 Å². The number of nitrogens with one attached hydrogen (secondary N) is 2. The van der Waals surface area contributed by atoms with Gasteiger partial charge in [0, 0.05) is 34.6 Å². The molecule has 0 radical (unpaired) electrons. The Hall–Kier alpha value is -2.24. The zero-order chi connectivity index (χ0) is 20.2. The van der Waals surface area contributed by atoms with E-state index in [4.69, 9.17) is 9.47 Å². The summed E-state index contributed by atoms with van der Waals surface area (Å²) in [5, 5.41) is 4.71. The molecule has 2 aromatic carbocycles. The Morgan fingerprint density at radius 2 is 2.17 bits per heavy atom. The second-order valence-corrected chi connectivity index (χ2v) is 7.79. The first-order valence-electron chi connectivity index (χ1n) is 10.5. The monoisotopic (exact) mass is 432 g/mol. The fraction of sp³-hybridized carbons (Fsp3) is 0.417. The summed E-state index contributed by atoms with van der Waals surface area (Å²) >= 11 is 0. The fourth-order valence-corrected chi connectivity index (χ4v) is 4.42. The summed E-state index contributed by atoms with van der Waals surface area (Å²) in [7, 11) is 1.71. The normalized spacial score (nSPS) is 16.4. The van der Waals surface area contributed by atoms with Crippen LogP contribution in [0.2, 0.25) is 0 Å². The second-order valence-electron chi connectivity index (χ2n) is 7.79. The van der Waals surface area contributed by atoms with E-state index in [9.17, 15) is 4.39 Å². The van der Waals surface area contributed by atoms with Crippen LogP contribution in [-0.2, 0) is 12.8 Å². The topological polar surface area (TPSA) is 46.3 Å². The van der Waals surface area contributed by atoms with Crippen molar-refractivity contribution in [1.29, 1.82) is 0 Å². The van der Waals surface area contributed by atoms with Crippen molar-refractivity contribution in [2.24, 2.45) is 5.92 Å². The summed E-state index contributed by atoms with van der Waals surface area (Å²) in [4.78, 5) is 3.23. The summed E-state index contributed by atoms with van der Waals surface area (Å²) in [6.45, 7) is 3.88. The minimum absolute atomic E-state index is 0. The quantitative estimate of drug-likeness (QED) is 0.475. The third-order valence-corrected chi connectivity index (χ3v) is 6.00. The molecule has 0 bridgehead atoms. The molecule has 3 aromatic rings. The van der Waals surface area contributed by atoms with Crippen LogP contribution in [0.25, 0.3) is 10.9 Å². The molecule has 6 heteroatoms. The molecule has 2 heterocycles. The first kappa shape index (κ1) is 22.4. The van der Waals surface area contributed by atoms with Crippen LogP contribution in [0.1, 0.15) is 30.9 Å². The Labute approximate surface area is 183 Å². The molecule has 4 rings (SSSR count). The number of aromatic nitrogens is 1. The molecule has 1 unspecified atom stereocenters. The van der Waals surface area contributed by atoms with Crippen LogP contribution >= 0.6 is 12.4 Å². The van der Waals surface area contributed by atoms with Crippen LogP contribution in [0.5, 0.6) is 11.5 Å². The van der Waals surface area contributed by atoms with Gasteiger partial charge in [-0.05, 0) is 68.1 Å². The number of fused-ring (bicyclic) bond motifs is 2. The average molecular weight is 433 g/mol. The van der Waals surface area contributed by atoms with Gasteiger partial charge in [0.2, 0.25) is 0 Å². The van der Waals surface area contributed by atoms with Gasteiger partial charge in [-0.25, -0.2) is 4.39 Å². The zero-order valence-electron chi connectivity index (χ0n) is 17.5. The van der Waals surface area contributed by atoms with Gasteiger partial charge in [0.1, 0.15) is 17.3 Å². The van der Waals surface area contributed by atoms with E-state index in [-0.39, 0.29) is 18.2 Å². The maximum absolute atomic E-state index is 13.6. The molecule has 0 amide bonds. The van der Waals surface area contributed by atoms with Crippen molar-refractivity contribution in [3.8, 4) is 11.5 Å². The first-order chi connectivity index (χ1) is 14.2. The van der Waals surface area contributed by atoms with Crippen molar-refractivity contribution in [2.45, 2.75) is 38.6 Å². The lowest BCUT2D eigenvalue weighted by molar-refractivity contribution is 0.178. The number of aromatic amines is 1. The predicted molar refractivity (Wildman–Crippen MR) is 122 cm³/mol. The Morgan fingerprint density at radius 3 is 2.97 bits per heavy atom. The number of aryl methyl sites for hydroxylation is 1. The lowest BCUT2D eigenvalue weighted by atomic mass is 9.88. The standard InChI is InChI=1S/C24H29FN2O2.ClH/c1-3-21(17-12-20-23(28-2)7-4-8-24(20)29-15-17)26-11-5-6-16-14-27-22-10-9-18(25)13-19(16)22;/h4,7-10,13-14,17,21,26-27H,3,5-6,11-12,15H2,1-2H3;1H/t17-,21?;/m0./s1. The number of ether oxygens (including phenoxy) is 2. The zero-order valence-corrected chi connectivity index (χ0v) is 18.4. The van der Waals surface area contributed by atoms with Gasteiger partial charge in [0.25, 0.3) is 0 Å². The summed E-state index contributed by atoms with van der Waals surface area (Å²) < 4.78 is 25.1. The molecule has 1 aliphatic rings. The number of hydrogen-bond donors (Lipinski definition) is 2. The summed E-state index contributed by atoms with van der Waals surface area (Å²) in [6, 6.07) is 11.3. The number of rotatable bonds is 8. The highest BCUT2D eigenvalue weighted by Gasteiger charge is 2.28. The van der Waals surface area contributed by atoms with Crippen LogP contribution < -0.4 is 14.8 Å². The Morgan fingerprint density at radius 1 is 1.30 bits per heavy atom. The molecule has 0 saturated heterocycles. The van der Waals surface area contributed by atoms with Gasteiger partial charge < -0.3 is 19.8 Å². The lowest BCUT2D eigenvalue weighted by Gasteiger charge is -2.32. The van der Waals surface area contributed by atoms with E-state index in [1.807, 2.05) is 24.4 Å². The molecular formula is C24H30ClFN2O2. The van der Waals surface area contributed by atoms with E-state index in [1.165, 1.54) is 17.2 Å². The highest BCUT2D eigenvalue weighted by molar-refractivity contribution is 5.85. The summed E-state index contributed by atoms with van der Waals surface area (Å²) in [5.41, 5.74) is 3.34. The minimum atomic E-state index is -0.185. The Balaban J connectivity index is 0.00000256. The van der Waals surface area contributed by atoms with Crippen LogP contribution in [-0.4, -0.2) is 31.3 Å². The first-order valence-corrected chi connectivity index (χ1v) is 10.5. The summed E-state index contributed by atoms with van der Waals surface area (Å²) in [6.07, 6.45) is 5.95. The Kier molecular flexibility index (Phi) is 7.62. The predicted octanol–water partition coefficient (Wildman–Crippen LogP) is 5.29. The van der Waals surface area contributed by atoms with E-state index >= 15 is 0 Å². The lowest BCUT2D eigenvalue weighted by Crippen LogP contribution is -2.41. The third kappa shape index (κ3) is 4.73. The third-order valence-electron chi connectivity index (χ3n) is 6.00. The fourth-order valence-electron chi connectivity index (χ4n) is 4.42. The van der Waals surface area contributed by atoms with Gasteiger partial charge in [-0.1, -0.05) is 13.0 Å². The maximum atomic E-state index is 13.6. The molecule has 2 atom stereocenters. The van der Waals surface area contributed by atoms with E-state index in [2.05, 4.69) is 17.2 Å². The van der Waals surface area contributed by atoms with Crippen LogP contribution in [0.4, 0.5) is 4.39 Å². The molecule has 4 nitrogen and oxygen atoms in total. The van der Waals surface area contributed by atoms with E-state index < -0.39 is 0 Å². The van der Waals surface area contributed by atoms with Crippen molar-refractivity contribution < 1.29 is 13.9 Å². The SMILES string of the molecule is CCC(NCCCc1c[nH]c2ccc(F)cc12)[C@@H]1COc2cccc(OC)c2C1.Cl. The summed E-state index contributed by atoms with van der Waals surface area (Å²) in [5.74, 6) is 2.09. The molecule has 0 saturated carbocycles. The number of H-pyrrole nitrogens is 1. The van der Waals surface area contributed by atoms with Crippen molar-refractivity contribution in [1.82, 2.24) is 10.3 Å². The van der Waals surface area contributed by atoms with Crippen LogP contribution in [0.15, 0.2) is 42.6 Å². The van der Waals surface area contributed by atoms with Gasteiger partial charge in [-0.15, -0.1) is 12.4 Å². The molecule has 1 aromatic heterocycles. The van der Waals surface area contributed by atoms with Gasteiger partial charge in [0.15, 0.2) is 0 Å². The number of benzene rings is 2. The minimum Gasteiger partial charge on any atom is -0.496 e. The molecular weight excluding hydrogens is 403 g/mol. The van der Waals surface area contributed by atoms with Crippen molar-refractivity contribution in [3.63, 3.8) is 0 Å². The molecule has 2 N–H and O–H groups in total. The second kappa shape index (κ2) is 10.2. The van der Waals surface area contributed by atoms with Gasteiger partial charge in [0.05, 0.1) is 13.7 Å². The Bertz CT molecular complexity index is 961.